The minimum Gasteiger partial charge on any atom is -0.352 e. The van der Waals surface area contributed by atoms with Gasteiger partial charge in [-0.15, -0.1) is 0 Å². The molecule has 0 unspecified atom stereocenters. The Bertz CT molecular complexity index is 884. The lowest BCUT2D eigenvalue weighted by atomic mass is 9.95. The molecule has 1 saturated heterocycles. The summed E-state index contributed by atoms with van der Waals surface area (Å²) in [7, 11) is 0. The van der Waals surface area contributed by atoms with E-state index in [0.29, 0.717) is 35.2 Å². The topological polar surface area (TPSA) is 61.4 Å². The zero-order valence-corrected chi connectivity index (χ0v) is 18.0. The highest BCUT2D eigenvalue weighted by Crippen LogP contribution is 2.25. The number of halogens is 3. The predicted molar refractivity (Wildman–Crippen MR) is 117 cm³/mol. The molecule has 0 spiro atoms. The first kappa shape index (κ1) is 22.5. The van der Waals surface area contributed by atoms with E-state index in [9.17, 15) is 14.0 Å². The Morgan fingerprint density at radius 3 is 2.47 bits per heavy atom. The van der Waals surface area contributed by atoms with Crippen molar-refractivity contribution >= 4 is 40.7 Å². The number of carbonyl (C=O) groups is 2. The lowest BCUT2D eigenvalue weighted by Gasteiger charge is -2.31. The van der Waals surface area contributed by atoms with Gasteiger partial charge in [-0.1, -0.05) is 35.3 Å². The minimum absolute atomic E-state index is 0.0207. The number of rotatable bonds is 7. The first-order chi connectivity index (χ1) is 14.4. The fraction of sp³-hybridized carbons (Fsp3) is 0.364. The molecule has 0 atom stereocenters. The number of anilines is 1. The molecule has 1 heterocycles. The van der Waals surface area contributed by atoms with E-state index in [1.165, 1.54) is 12.1 Å². The van der Waals surface area contributed by atoms with Crippen molar-refractivity contribution in [1.29, 1.82) is 0 Å². The molecule has 2 N–H and O–H groups in total. The van der Waals surface area contributed by atoms with Crippen LogP contribution in [0.25, 0.3) is 0 Å². The van der Waals surface area contributed by atoms with Crippen LogP contribution in [0.3, 0.4) is 0 Å². The number of hydrogen-bond acceptors (Lipinski definition) is 3. The smallest absolute Gasteiger partial charge is 0.225 e. The average molecular weight is 452 g/mol. The van der Waals surface area contributed by atoms with Gasteiger partial charge in [0.1, 0.15) is 5.82 Å². The Kier molecular flexibility index (Phi) is 8.08. The number of carbonyl (C=O) groups excluding carboxylic acids is 2. The summed E-state index contributed by atoms with van der Waals surface area (Å²) in [6, 6.07) is 11.0. The summed E-state index contributed by atoms with van der Waals surface area (Å²) >= 11 is 12.0. The second-order valence-electron chi connectivity index (χ2n) is 7.38. The van der Waals surface area contributed by atoms with Gasteiger partial charge in [-0.3, -0.25) is 9.59 Å². The lowest BCUT2D eigenvalue weighted by Crippen LogP contribution is -2.41. The van der Waals surface area contributed by atoms with E-state index in [0.717, 1.165) is 31.5 Å². The van der Waals surface area contributed by atoms with Crippen LogP contribution in [0.2, 0.25) is 10.0 Å². The van der Waals surface area contributed by atoms with Gasteiger partial charge in [0.25, 0.3) is 0 Å². The fourth-order valence-corrected chi connectivity index (χ4v) is 3.76. The van der Waals surface area contributed by atoms with Crippen LogP contribution in [0, 0.1) is 11.7 Å². The van der Waals surface area contributed by atoms with E-state index in [2.05, 4.69) is 15.5 Å². The van der Waals surface area contributed by atoms with E-state index in [-0.39, 0.29) is 23.5 Å². The van der Waals surface area contributed by atoms with Gasteiger partial charge in [-0.2, -0.15) is 0 Å². The minimum atomic E-state index is -0.290. The SMILES string of the molecule is O=C(CCN1CCC(C(=O)NCc2ccc(F)cc2)CC1)Nc1cc(Cl)ccc1Cl. The second kappa shape index (κ2) is 10.8. The molecule has 2 aromatic rings. The van der Waals surface area contributed by atoms with Crippen LogP contribution in [0.5, 0.6) is 0 Å². The van der Waals surface area contributed by atoms with Crippen LogP contribution in [0.1, 0.15) is 24.8 Å². The van der Waals surface area contributed by atoms with Crippen LogP contribution in [0.15, 0.2) is 42.5 Å². The molecule has 0 aromatic heterocycles. The van der Waals surface area contributed by atoms with Crippen LogP contribution >= 0.6 is 23.2 Å². The third-order valence-electron chi connectivity index (χ3n) is 5.20. The highest BCUT2D eigenvalue weighted by atomic mass is 35.5. The molecule has 5 nitrogen and oxygen atoms in total. The third kappa shape index (κ3) is 6.69. The molecular formula is C22H24Cl2FN3O2. The molecule has 8 heteroatoms. The Hall–Kier alpha value is -2.15. The summed E-state index contributed by atoms with van der Waals surface area (Å²) in [4.78, 5) is 26.8. The van der Waals surface area contributed by atoms with E-state index in [4.69, 9.17) is 23.2 Å². The standard InChI is InChI=1S/C22H24Cl2FN3O2/c23-17-3-6-19(24)20(13-17)27-21(29)9-12-28-10-7-16(8-11-28)22(30)26-14-15-1-4-18(25)5-2-15/h1-6,13,16H,7-12,14H2,(H,26,30)(H,27,29). The second-order valence-corrected chi connectivity index (χ2v) is 8.23. The van der Waals surface area contributed by atoms with Gasteiger partial charge < -0.3 is 15.5 Å². The first-order valence-corrected chi connectivity index (χ1v) is 10.7. The Labute approximate surface area is 185 Å². The average Bonchev–Trinajstić information content (AvgIpc) is 2.74. The van der Waals surface area contributed by atoms with Crippen LogP contribution < -0.4 is 10.6 Å². The van der Waals surface area contributed by atoms with Gasteiger partial charge in [-0.25, -0.2) is 4.39 Å². The molecule has 1 aliphatic rings. The maximum Gasteiger partial charge on any atom is 0.225 e. The Morgan fingerprint density at radius 1 is 1.07 bits per heavy atom. The van der Waals surface area contributed by atoms with Crippen LogP contribution in [-0.2, 0) is 16.1 Å². The Morgan fingerprint density at radius 2 is 1.77 bits per heavy atom. The third-order valence-corrected chi connectivity index (χ3v) is 5.76. The van der Waals surface area contributed by atoms with Crippen molar-refractivity contribution in [2.45, 2.75) is 25.8 Å². The summed E-state index contributed by atoms with van der Waals surface area (Å²) in [6.45, 7) is 2.54. The van der Waals surface area contributed by atoms with E-state index in [1.807, 2.05) is 0 Å². The molecule has 2 aromatic carbocycles. The molecule has 2 amide bonds. The Balaban J connectivity index is 1.36. The highest BCUT2D eigenvalue weighted by molar-refractivity contribution is 6.35. The zero-order chi connectivity index (χ0) is 21.5. The lowest BCUT2D eigenvalue weighted by molar-refractivity contribution is -0.126. The van der Waals surface area contributed by atoms with Crippen molar-refractivity contribution in [1.82, 2.24) is 10.2 Å². The molecule has 0 aliphatic carbocycles. The molecule has 30 heavy (non-hydrogen) atoms. The van der Waals surface area contributed by atoms with E-state index < -0.39 is 0 Å². The number of benzene rings is 2. The van der Waals surface area contributed by atoms with Crippen molar-refractivity contribution in [2.24, 2.45) is 5.92 Å². The monoisotopic (exact) mass is 451 g/mol. The zero-order valence-electron chi connectivity index (χ0n) is 16.5. The molecule has 160 valence electrons. The summed E-state index contributed by atoms with van der Waals surface area (Å²) in [6.07, 6.45) is 1.83. The summed E-state index contributed by atoms with van der Waals surface area (Å²) in [5, 5.41) is 6.66. The number of amides is 2. The molecule has 1 aliphatic heterocycles. The van der Waals surface area contributed by atoms with Gasteiger partial charge >= 0.3 is 0 Å². The van der Waals surface area contributed by atoms with E-state index in [1.54, 1.807) is 30.3 Å². The van der Waals surface area contributed by atoms with Crippen LogP contribution in [0.4, 0.5) is 10.1 Å². The molecule has 0 bridgehead atoms. The maximum absolute atomic E-state index is 12.9. The molecule has 0 saturated carbocycles. The van der Waals surface area contributed by atoms with Crippen molar-refractivity contribution in [3.8, 4) is 0 Å². The van der Waals surface area contributed by atoms with Gasteiger partial charge in [-0.05, 0) is 61.8 Å². The fourth-order valence-electron chi connectivity index (χ4n) is 3.42. The number of nitrogens with zero attached hydrogens (tertiary/aromatic N) is 1. The molecular weight excluding hydrogens is 428 g/mol. The van der Waals surface area contributed by atoms with Gasteiger partial charge in [0, 0.05) is 30.5 Å². The normalized spacial score (nSPS) is 15.0. The van der Waals surface area contributed by atoms with Gasteiger partial charge in [0.05, 0.1) is 10.7 Å². The van der Waals surface area contributed by atoms with Crippen molar-refractivity contribution in [3.05, 3.63) is 63.9 Å². The van der Waals surface area contributed by atoms with Crippen molar-refractivity contribution < 1.29 is 14.0 Å². The number of hydrogen-bond donors (Lipinski definition) is 2. The van der Waals surface area contributed by atoms with Crippen LogP contribution in [-0.4, -0.2) is 36.3 Å². The van der Waals surface area contributed by atoms with E-state index >= 15 is 0 Å². The number of piperidine rings is 1. The van der Waals surface area contributed by atoms with Crippen molar-refractivity contribution in [2.75, 3.05) is 25.0 Å². The highest BCUT2D eigenvalue weighted by Gasteiger charge is 2.25. The molecule has 1 fully saturated rings. The summed E-state index contributed by atoms with van der Waals surface area (Å²) in [5.41, 5.74) is 1.37. The summed E-state index contributed by atoms with van der Waals surface area (Å²) < 4.78 is 12.9. The van der Waals surface area contributed by atoms with Crippen molar-refractivity contribution in [3.63, 3.8) is 0 Å². The quantitative estimate of drug-likeness (QED) is 0.651. The summed E-state index contributed by atoms with van der Waals surface area (Å²) in [5.74, 6) is -0.437. The van der Waals surface area contributed by atoms with Gasteiger partial charge in [0.2, 0.25) is 11.8 Å². The van der Waals surface area contributed by atoms with Gasteiger partial charge in [0.15, 0.2) is 0 Å². The maximum atomic E-state index is 12.9. The number of nitrogens with one attached hydrogen (secondary N) is 2. The predicted octanol–water partition coefficient (Wildman–Crippen LogP) is 4.49. The molecule has 0 radical (unpaired) electrons. The number of likely N-dealkylation sites (tertiary alicyclic amines) is 1. The largest absolute Gasteiger partial charge is 0.352 e. The first-order valence-electron chi connectivity index (χ1n) is 9.90. The molecule has 3 rings (SSSR count).